The second kappa shape index (κ2) is 4.03. The molecule has 0 bridgehead atoms. The summed E-state index contributed by atoms with van der Waals surface area (Å²) in [4.78, 5) is 17.0. The summed E-state index contributed by atoms with van der Waals surface area (Å²) >= 11 is 1.38. The monoisotopic (exact) mass is 267 g/mol. The summed E-state index contributed by atoms with van der Waals surface area (Å²) in [6.07, 6.45) is 0. The van der Waals surface area contributed by atoms with E-state index in [0.29, 0.717) is 4.88 Å². The van der Waals surface area contributed by atoms with E-state index in [0.717, 1.165) is 5.69 Å². The van der Waals surface area contributed by atoms with Gasteiger partial charge in [-0.25, -0.2) is 4.98 Å². The maximum Gasteiger partial charge on any atom is 0.263 e. The summed E-state index contributed by atoms with van der Waals surface area (Å²) in [5, 5.41) is 3.12. The number of carbonyl (C=O) groups is 1. The van der Waals surface area contributed by atoms with E-state index in [1.165, 1.54) is 11.3 Å². The standard InChI is InChI=1S/C13H21N3OS/c1-7-8(18-6-15-7)9(17)16-11-12(2,3)10(14)13(11,4)5/h6,10-11H,14H2,1-5H3,(H,16,17). The van der Waals surface area contributed by atoms with E-state index in [2.05, 4.69) is 38.0 Å². The third kappa shape index (κ3) is 1.77. The summed E-state index contributed by atoms with van der Waals surface area (Å²) in [5.41, 5.74) is 8.53. The molecular formula is C13H21N3OS. The lowest BCUT2D eigenvalue weighted by atomic mass is 9.48. The van der Waals surface area contributed by atoms with Crippen molar-refractivity contribution < 1.29 is 4.79 Å². The molecule has 4 nitrogen and oxygen atoms in total. The Hall–Kier alpha value is -0.940. The molecule has 2 rings (SSSR count). The number of hydrogen-bond donors (Lipinski definition) is 2. The molecule has 0 aliphatic heterocycles. The van der Waals surface area contributed by atoms with E-state index < -0.39 is 0 Å². The largest absolute Gasteiger partial charge is 0.347 e. The maximum absolute atomic E-state index is 12.2. The lowest BCUT2D eigenvalue weighted by Gasteiger charge is -2.62. The van der Waals surface area contributed by atoms with Gasteiger partial charge in [0.15, 0.2) is 0 Å². The highest BCUT2D eigenvalue weighted by molar-refractivity contribution is 7.11. The molecule has 100 valence electrons. The molecule has 1 amide bonds. The number of rotatable bonds is 2. The number of nitrogens with two attached hydrogens (primary N) is 1. The van der Waals surface area contributed by atoms with Gasteiger partial charge in [0.1, 0.15) is 4.88 Å². The van der Waals surface area contributed by atoms with Crippen LogP contribution in [-0.2, 0) is 0 Å². The molecule has 1 aromatic heterocycles. The van der Waals surface area contributed by atoms with Crippen molar-refractivity contribution in [2.24, 2.45) is 16.6 Å². The van der Waals surface area contributed by atoms with E-state index >= 15 is 0 Å². The highest BCUT2D eigenvalue weighted by Gasteiger charge is 2.60. The highest BCUT2D eigenvalue weighted by Crippen LogP contribution is 2.52. The second-order valence-corrected chi connectivity index (χ2v) is 7.15. The first kappa shape index (κ1) is 13.5. The Morgan fingerprint density at radius 3 is 2.39 bits per heavy atom. The van der Waals surface area contributed by atoms with Crippen molar-refractivity contribution in [3.05, 3.63) is 16.1 Å². The summed E-state index contributed by atoms with van der Waals surface area (Å²) in [6.45, 7) is 10.3. The van der Waals surface area contributed by atoms with Gasteiger partial charge in [-0.15, -0.1) is 11.3 Å². The zero-order valence-electron chi connectivity index (χ0n) is 11.6. The van der Waals surface area contributed by atoms with Gasteiger partial charge in [0.25, 0.3) is 5.91 Å². The van der Waals surface area contributed by atoms with Crippen LogP contribution in [0.25, 0.3) is 0 Å². The van der Waals surface area contributed by atoms with Crippen molar-refractivity contribution in [1.82, 2.24) is 10.3 Å². The third-order valence-electron chi connectivity index (χ3n) is 4.32. The molecule has 18 heavy (non-hydrogen) atoms. The first-order valence-electron chi connectivity index (χ1n) is 6.15. The number of amides is 1. The van der Waals surface area contributed by atoms with Crippen molar-refractivity contribution in [2.45, 2.75) is 46.7 Å². The van der Waals surface area contributed by atoms with E-state index in [1.54, 1.807) is 5.51 Å². The van der Waals surface area contributed by atoms with Crippen LogP contribution in [0.2, 0.25) is 0 Å². The summed E-state index contributed by atoms with van der Waals surface area (Å²) in [5.74, 6) is -0.0342. The average molecular weight is 267 g/mol. The topological polar surface area (TPSA) is 68.0 Å². The summed E-state index contributed by atoms with van der Waals surface area (Å²) in [7, 11) is 0. The molecule has 1 aliphatic rings. The quantitative estimate of drug-likeness (QED) is 0.860. The van der Waals surface area contributed by atoms with Gasteiger partial charge in [0, 0.05) is 22.9 Å². The fourth-order valence-corrected chi connectivity index (χ4v) is 3.97. The first-order valence-corrected chi connectivity index (χ1v) is 7.03. The van der Waals surface area contributed by atoms with Gasteiger partial charge in [-0.05, 0) is 6.92 Å². The molecule has 3 N–H and O–H groups in total. The van der Waals surface area contributed by atoms with Gasteiger partial charge in [0.2, 0.25) is 0 Å². The predicted octanol–water partition coefficient (Wildman–Crippen LogP) is 1.94. The Bertz CT molecular complexity index is 462. The van der Waals surface area contributed by atoms with Crippen LogP contribution in [0, 0.1) is 17.8 Å². The molecule has 1 aliphatic carbocycles. The van der Waals surface area contributed by atoms with E-state index in [1.807, 2.05) is 6.92 Å². The van der Waals surface area contributed by atoms with Gasteiger partial charge >= 0.3 is 0 Å². The lowest BCUT2D eigenvalue weighted by molar-refractivity contribution is -0.0663. The molecule has 1 fully saturated rings. The SMILES string of the molecule is Cc1ncsc1C(=O)NC1C(C)(C)C(N)C1(C)C. The number of aryl methyl sites for hydroxylation is 1. The average Bonchev–Trinajstić information content (AvgIpc) is 2.70. The van der Waals surface area contributed by atoms with Gasteiger partial charge in [0.05, 0.1) is 11.2 Å². The minimum atomic E-state index is -0.0717. The highest BCUT2D eigenvalue weighted by atomic mass is 32.1. The zero-order valence-corrected chi connectivity index (χ0v) is 12.4. The van der Waals surface area contributed by atoms with Crippen LogP contribution in [0.3, 0.4) is 0 Å². The van der Waals surface area contributed by atoms with Gasteiger partial charge < -0.3 is 11.1 Å². The van der Waals surface area contributed by atoms with Crippen molar-refractivity contribution in [1.29, 1.82) is 0 Å². The summed E-state index contributed by atoms with van der Waals surface area (Å²) < 4.78 is 0. The number of hydrogen-bond acceptors (Lipinski definition) is 4. The number of nitrogens with zero attached hydrogens (tertiary/aromatic N) is 1. The van der Waals surface area contributed by atoms with Crippen LogP contribution < -0.4 is 11.1 Å². The van der Waals surface area contributed by atoms with Crippen LogP contribution in [0.1, 0.15) is 43.1 Å². The van der Waals surface area contributed by atoms with Crippen LogP contribution in [0.5, 0.6) is 0 Å². The van der Waals surface area contributed by atoms with Crippen LogP contribution >= 0.6 is 11.3 Å². The Balaban J connectivity index is 2.16. The molecule has 0 aromatic carbocycles. The molecule has 0 spiro atoms. The molecule has 0 unspecified atom stereocenters. The lowest BCUT2D eigenvalue weighted by Crippen LogP contribution is -2.76. The van der Waals surface area contributed by atoms with Crippen LogP contribution in [-0.4, -0.2) is 23.0 Å². The molecule has 5 heteroatoms. The minimum Gasteiger partial charge on any atom is -0.347 e. The molecule has 1 saturated carbocycles. The molecule has 0 saturated heterocycles. The smallest absolute Gasteiger partial charge is 0.263 e. The Labute approximate surface area is 112 Å². The van der Waals surface area contributed by atoms with Gasteiger partial charge in [-0.2, -0.15) is 0 Å². The number of thiazole rings is 1. The minimum absolute atomic E-state index is 0.0342. The van der Waals surface area contributed by atoms with Crippen molar-refractivity contribution >= 4 is 17.2 Å². The number of carbonyl (C=O) groups excluding carboxylic acids is 1. The number of nitrogens with one attached hydrogen (secondary N) is 1. The van der Waals surface area contributed by atoms with Gasteiger partial charge in [-0.3, -0.25) is 4.79 Å². The fourth-order valence-electron chi connectivity index (χ4n) is 3.27. The maximum atomic E-state index is 12.2. The normalized spacial score (nSPS) is 28.6. The molecular weight excluding hydrogens is 246 g/mol. The summed E-state index contributed by atoms with van der Waals surface area (Å²) in [6, 6.07) is 0.187. The van der Waals surface area contributed by atoms with Gasteiger partial charge in [-0.1, -0.05) is 27.7 Å². The molecule has 1 heterocycles. The molecule has 0 radical (unpaired) electrons. The fraction of sp³-hybridized carbons (Fsp3) is 0.692. The van der Waals surface area contributed by atoms with E-state index in [9.17, 15) is 4.79 Å². The van der Waals surface area contributed by atoms with Crippen LogP contribution in [0.4, 0.5) is 0 Å². The Morgan fingerprint density at radius 2 is 1.94 bits per heavy atom. The Kier molecular flexibility index (Phi) is 3.02. The van der Waals surface area contributed by atoms with E-state index in [-0.39, 0.29) is 28.8 Å². The van der Waals surface area contributed by atoms with Crippen molar-refractivity contribution in [3.8, 4) is 0 Å². The third-order valence-corrected chi connectivity index (χ3v) is 5.25. The molecule has 1 aromatic rings. The number of aromatic nitrogens is 1. The first-order chi connectivity index (χ1) is 8.19. The van der Waals surface area contributed by atoms with Crippen molar-refractivity contribution in [2.75, 3.05) is 0 Å². The zero-order chi connectivity index (χ0) is 13.7. The second-order valence-electron chi connectivity index (χ2n) is 6.29. The van der Waals surface area contributed by atoms with Crippen molar-refractivity contribution in [3.63, 3.8) is 0 Å². The predicted molar refractivity (Wildman–Crippen MR) is 73.6 cm³/mol. The Morgan fingerprint density at radius 1 is 1.39 bits per heavy atom. The molecule has 0 atom stereocenters. The van der Waals surface area contributed by atoms with E-state index in [4.69, 9.17) is 5.73 Å². The van der Waals surface area contributed by atoms with Crippen LogP contribution in [0.15, 0.2) is 5.51 Å².